The molecule has 1 saturated carbocycles. The lowest BCUT2D eigenvalue weighted by molar-refractivity contribution is -0.180. The van der Waals surface area contributed by atoms with Crippen LogP contribution in [0, 0.1) is 5.92 Å². The quantitative estimate of drug-likeness (QED) is 0.654. The number of halogens is 4. The van der Waals surface area contributed by atoms with Gasteiger partial charge in [-0.3, -0.25) is 4.79 Å². The van der Waals surface area contributed by atoms with Crippen LogP contribution in [0.4, 0.5) is 17.6 Å². The molecular formula is C10H15F4NO. The summed E-state index contributed by atoms with van der Waals surface area (Å²) < 4.78 is 49.7. The molecule has 1 amide bonds. The molecule has 0 aromatic carbocycles. The fourth-order valence-corrected chi connectivity index (χ4v) is 1.46. The summed E-state index contributed by atoms with van der Waals surface area (Å²) in [6.07, 6.45) is -1.68. The van der Waals surface area contributed by atoms with Gasteiger partial charge in [-0.25, -0.2) is 8.78 Å². The van der Waals surface area contributed by atoms with Crippen LogP contribution < -0.4 is 0 Å². The Kier molecular flexibility index (Phi) is 4.15. The number of rotatable bonds is 6. The number of alkyl halides is 4. The second-order valence-corrected chi connectivity index (χ2v) is 4.12. The summed E-state index contributed by atoms with van der Waals surface area (Å²) in [5, 5.41) is 0. The van der Waals surface area contributed by atoms with Crippen LogP contribution in [0.2, 0.25) is 0 Å². The van der Waals surface area contributed by atoms with Crippen molar-refractivity contribution >= 4 is 5.91 Å². The van der Waals surface area contributed by atoms with E-state index >= 15 is 0 Å². The molecule has 0 atom stereocenters. The van der Waals surface area contributed by atoms with Crippen LogP contribution in [0.3, 0.4) is 0 Å². The highest BCUT2D eigenvalue weighted by Crippen LogP contribution is 2.32. The molecule has 1 aliphatic carbocycles. The summed E-state index contributed by atoms with van der Waals surface area (Å²) in [5.74, 6) is -6.08. The van der Waals surface area contributed by atoms with Crippen molar-refractivity contribution in [3.63, 3.8) is 0 Å². The fraction of sp³-hybridized carbons (Fsp3) is 0.900. The van der Waals surface area contributed by atoms with E-state index in [0.717, 1.165) is 17.7 Å². The van der Waals surface area contributed by atoms with Crippen LogP contribution in [0.15, 0.2) is 0 Å². The Morgan fingerprint density at radius 1 is 1.44 bits per heavy atom. The highest BCUT2D eigenvalue weighted by molar-refractivity contribution is 5.84. The molecule has 0 aromatic heterocycles. The molecule has 0 bridgehead atoms. The summed E-state index contributed by atoms with van der Waals surface area (Å²) in [6.45, 7) is 2.00. The van der Waals surface area contributed by atoms with Crippen molar-refractivity contribution in [3.05, 3.63) is 0 Å². The smallest absolute Gasteiger partial charge is 0.337 e. The molecule has 94 valence electrons. The topological polar surface area (TPSA) is 20.3 Å². The summed E-state index contributed by atoms with van der Waals surface area (Å²) in [5.41, 5.74) is 0. The van der Waals surface area contributed by atoms with E-state index in [1.807, 2.05) is 0 Å². The third kappa shape index (κ3) is 3.09. The lowest BCUT2D eigenvalue weighted by Gasteiger charge is -2.26. The number of nitrogens with zero attached hydrogens (tertiary/aromatic N) is 1. The van der Waals surface area contributed by atoms with Crippen LogP contribution in [0.5, 0.6) is 0 Å². The van der Waals surface area contributed by atoms with Crippen LogP contribution in [-0.2, 0) is 4.79 Å². The lowest BCUT2D eigenvalue weighted by Crippen LogP contribution is -2.48. The van der Waals surface area contributed by atoms with Gasteiger partial charge in [-0.15, -0.1) is 0 Å². The Morgan fingerprint density at radius 2 is 2.00 bits per heavy atom. The van der Waals surface area contributed by atoms with Crippen molar-refractivity contribution in [2.75, 3.05) is 13.1 Å². The van der Waals surface area contributed by atoms with Gasteiger partial charge in [0.2, 0.25) is 0 Å². The number of hydrogen-bond donors (Lipinski definition) is 0. The zero-order valence-electron chi connectivity index (χ0n) is 9.06. The van der Waals surface area contributed by atoms with Gasteiger partial charge in [0.15, 0.2) is 0 Å². The van der Waals surface area contributed by atoms with Gasteiger partial charge >= 0.3 is 12.3 Å². The van der Waals surface area contributed by atoms with Crippen molar-refractivity contribution in [1.29, 1.82) is 0 Å². The number of carbonyl (C=O) groups excluding carboxylic acids is 1. The summed E-state index contributed by atoms with van der Waals surface area (Å²) in [4.78, 5) is 12.1. The second-order valence-electron chi connectivity index (χ2n) is 4.12. The maximum Gasteiger partial charge on any atom is 0.383 e. The van der Waals surface area contributed by atoms with Gasteiger partial charge in [0, 0.05) is 13.1 Å². The monoisotopic (exact) mass is 241 g/mol. The highest BCUT2D eigenvalue weighted by atomic mass is 19.3. The first-order valence-electron chi connectivity index (χ1n) is 5.35. The van der Waals surface area contributed by atoms with E-state index in [2.05, 4.69) is 0 Å². The van der Waals surface area contributed by atoms with E-state index in [1.165, 1.54) is 0 Å². The minimum atomic E-state index is -4.55. The minimum absolute atomic E-state index is 0.109. The predicted molar refractivity (Wildman–Crippen MR) is 50.5 cm³/mol. The SMILES string of the molecule is CCCN(CC1CC1)C(=O)C(F)(F)C(F)F. The van der Waals surface area contributed by atoms with Crippen LogP contribution in [0.25, 0.3) is 0 Å². The summed E-state index contributed by atoms with van der Waals surface area (Å²) >= 11 is 0. The Balaban J connectivity index is 2.64. The van der Waals surface area contributed by atoms with Crippen LogP contribution in [-0.4, -0.2) is 36.2 Å². The average molecular weight is 241 g/mol. The Hall–Kier alpha value is -0.810. The minimum Gasteiger partial charge on any atom is -0.337 e. The molecule has 0 spiro atoms. The van der Waals surface area contributed by atoms with Crippen LogP contribution in [0.1, 0.15) is 26.2 Å². The normalized spacial score (nSPS) is 16.6. The van der Waals surface area contributed by atoms with E-state index in [1.54, 1.807) is 6.92 Å². The van der Waals surface area contributed by atoms with Crippen molar-refractivity contribution < 1.29 is 22.4 Å². The number of hydrogen-bond acceptors (Lipinski definition) is 1. The fourth-order valence-electron chi connectivity index (χ4n) is 1.46. The van der Waals surface area contributed by atoms with Crippen molar-refractivity contribution in [1.82, 2.24) is 4.90 Å². The number of amides is 1. The molecule has 1 rings (SSSR count). The Bertz CT molecular complexity index is 253. The molecule has 0 aliphatic heterocycles. The molecule has 0 aromatic rings. The molecule has 1 fully saturated rings. The third-order valence-electron chi connectivity index (χ3n) is 2.52. The molecule has 2 nitrogen and oxygen atoms in total. The molecule has 0 saturated heterocycles. The molecule has 1 aliphatic rings. The van der Waals surface area contributed by atoms with Gasteiger partial charge in [0.25, 0.3) is 5.91 Å². The van der Waals surface area contributed by atoms with E-state index < -0.39 is 18.3 Å². The third-order valence-corrected chi connectivity index (χ3v) is 2.52. The number of carbonyl (C=O) groups is 1. The van der Waals surface area contributed by atoms with Crippen molar-refractivity contribution in [3.8, 4) is 0 Å². The molecule has 6 heteroatoms. The van der Waals surface area contributed by atoms with Gasteiger partial charge in [-0.1, -0.05) is 6.92 Å². The second kappa shape index (κ2) is 5.01. The van der Waals surface area contributed by atoms with E-state index in [9.17, 15) is 22.4 Å². The first-order chi connectivity index (χ1) is 7.39. The Morgan fingerprint density at radius 3 is 2.38 bits per heavy atom. The summed E-state index contributed by atoms with van der Waals surface area (Å²) in [6, 6.07) is 0. The van der Waals surface area contributed by atoms with Gasteiger partial charge in [0.05, 0.1) is 0 Å². The molecule has 0 N–H and O–H groups in total. The zero-order valence-corrected chi connectivity index (χ0v) is 9.06. The molecule has 0 unspecified atom stereocenters. The van der Waals surface area contributed by atoms with Gasteiger partial charge in [0.1, 0.15) is 0 Å². The molecule has 16 heavy (non-hydrogen) atoms. The van der Waals surface area contributed by atoms with Gasteiger partial charge in [-0.05, 0) is 25.2 Å². The standard InChI is InChI=1S/C10H15F4NO/c1-2-5-15(6-7-3-4-7)9(16)10(13,14)8(11)12/h7-8H,2-6H2,1H3. The molecule has 0 radical (unpaired) electrons. The maximum absolute atomic E-state index is 12.8. The summed E-state index contributed by atoms with van der Waals surface area (Å²) in [7, 11) is 0. The van der Waals surface area contributed by atoms with E-state index in [0.29, 0.717) is 6.42 Å². The zero-order chi connectivity index (χ0) is 12.3. The predicted octanol–water partition coefficient (Wildman–Crippen LogP) is 2.54. The van der Waals surface area contributed by atoms with Crippen molar-refractivity contribution in [2.45, 2.75) is 38.5 Å². The largest absolute Gasteiger partial charge is 0.383 e. The average Bonchev–Trinajstić information content (AvgIpc) is 2.99. The van der Waals surface area contributed by atoms with Crippen LogP contribution >= 0.6 is 0 Å². The molecular weight excluding hydrogens is 226 g/mol. The van der Waals surface area contributed by atoms with E-state index in [4.69, 9.17) is 0 Å². The van der Waals surface area contributed by atoms with Gasteiger partial charge < -0.3 is 4.90 Å². The Labute approximate surface area is 91.6 Å². The van der Waals surface area contributed by atoms with Gasteiger partial charge in [-0.2, -0.15) is 8.78 Å². The van der Waals surface area contributed by atoms with E-state index in [-0.39, 0.29) is 19.0 Å². The van der Waals surface area contributed by atoms with Crippen molar-refractivity contribution in [2.24, 2.45) is 5.92 Å². The maximum atomic E-state index is 12.8. The molecule has 0 heterocycles. The highest BCUT2D eigenvalue weighted by Gasteiger charge is 2.51. The first kappa shape index (κ1) is 13.3. The lowest BCUT2D eigenvalue weighted by atomic mass is 10.2. The first-order valence-corrected chi connectivity index (χ1v) is 5.35.